The number of fused-ring (bicyclic) bond motifs is 1. The molecule has 5 nitrogen and oxygen atoms in total. The SMILES string of the molecule is CCOC(=O)c1c(CSc2ccccc2)oc2cc(Br)c(O)c(CN(C)C)c12.[Cl-]. The summed E-state index contributed by atoms with van der Waals surface area (Å²) in [6.45, 7) is 2.49. The van der Waals surface area contributed by atoms with Gasteiger partial charge in [0, 0.05) is 22.4 Å². The Bertz CT molecular complexity index is 992. The Kier molecular flexibility index (Phi) is 8.46. The standard InChI is InChI=1S/C21H22BrNO4S.ClH/c1-4-26-21(25)19-17(12-28-13-8-6-5-7-9-13)27-16-10-15(22)20(24)14(18(16)19)11-23(2)3;/h5-10,24H,4,11-12H2,1-3H3;1H/p-1. The van der Waals surface area contributed by atoms with E-state index in [4.69, 9.17) is 9.15 Å². The summed E-state index contributed by atoms with van der Waals surface area (Å²) >= 11 is 4.96. The maximum atomic E-state index is 12.8. The second-order valence-corrected chi connectivity index (χ2v) is 8.42. The highest BCUT2D eigenvalue weighted by atomic mass is 79.9. The minimum Gasteiger partial charge on any atom is -1.00 e. The fraction of sp³-hybridized carbons (Fsp3) is 0.286. The molecule has 156 valence electrons. The van der Waals surface area contributed by atoms with E-state index >= 15 is 0 Å². The van der Waals surface area contributed by atoms with Crippen molar-refractivity contribution in [1.29, 1.82) is 0 Å². The highest BCUT2D eigenvalue weighted by molar-refractivity contribution is 9.10. The highest BCUT2D eigenvalue weighted by Gasteiger charge is 2.27. The number of furan rings is 1. The summed E-state index contributed by atoms with van der Waals surface area (Å²) in [7, 11) is 3.81. The molecule has 0 atom stereocenters. The van der Waals surface area contributed by atoms with E-state index < -0.39 is 5.97 Å². The molecule has 0 saturated heterocycles. The third-order valence-corrected chi connectivity index (χ3v) is 5.76. The van der Waals surface area contributed by atoms with Crippen LogP contribution in [0.4, 0.5) is 0 Å². The number of rotatable bonds is 7. The number of hydrogen-bond donors (Lipinski definition) is 1. The molecule has 0 aliphatic carbocycles. The first kappa shape index (κ1) is 23.6. The predicted octanol–water partition coefficient (Wildman–Crippen LogP) is 2.44. The van der Waals surface area contributed by atoms with Crippen molar-refractivity contribution < 1.29 is 31.5 Å². The molecule has 0 saturated carbocycles. The Morgan fingerprint density at radius 2 is 1.97 bits per heavy atom. The van der Waals surface area contributed by atoms with E-state index in [0.717, 1.165) is 4.90 Å². The van der Waals surface area contributed by atoms with E-state index in [1.165, 1.54) is 0 Å². The lowest BCUT2D eigenvalue weighted by molar-refractivity contribution is -0.0000258. The lowest BCUT2D eigenvalue weighted by Crippen LogP contribution is -3.00. The summed E-state index contributed by atoms with van der Waals surface area (Å²) in [4.78, 5) is 15.8. The summed E-state index contributed by atoms with van der Waals surface area (Å²) < 4.78 is 11.9. The van der Waals surface area contributed by atoms with Crippen LogP contribution >= 0.6 is 27.7 Å². The second kappa shape index (κ2) is 10.4. The van der Waals surface area contributed by atoms with Gasteiger partial charge in [0.1, 0.15) is 22.7 Å². The molecule has 0 aliphatic heterocycles. The molecule has 0 fully saturated rings. The molecular formula is C21H22BrClNO4S-. The molecule has 0 spiro atoms. The van der Waals surface area contributed by atoms with Crippen LogP contribution in [0.15, 0.2) is 50.2 Å². The molecule has 1 heterocycles. The van der Waals surface area contributed by atoms with Crippen LogP contribution in [0.5, 0.6) is 5.75 Å². The van der Waals surface area contributed by atoms with Crippen LogP contribution in [0.1, 0.15) is 28.6 Å². The monoisotopic (exact) mass is 498 g/mol. The number of aromatic hydroxyl groups is 1. The smallest absolute Gasteiger partial charge is 0.342 e. The number of benzene rings is 2. The van der Waals surface area contributed by atoms with E-state index in [1.807, 2.05) is 49.3 Å². The van der Waals surface area contributed by atoms with Crippen molar-refractivity contribution in [3.63, 3.8) is 0 Å². The van der Waals surface area contributed by atoms with Gasteiger partial charge in [0.05, 0.1) is 16.8 Å². The predicted molar refractivity (Wildman–Crippen MR) is 115 cm³/mol. The minimum absolute atomic E-state index is 0. The van der Waals surface area contributed by atoms with Crippen LogP contribution < -0.4 is 12.4 Å². The van der Waals surface area contributed by atoms with Crippen molar-refractivity contribution >= 4 is 44.6 Å². The average Bonchev–Trinajstić information content (AvgIpc) is 3.02. The van der Waals surface area contributed by atoms with Gasteiger partial charge in [-0.25, -0.2) is 4.79 Å². The van der Waals surface area contributed by atoms with Gasteiger partial charge in [0.25, 0.3) is 0 Å². The van der Waals surface area contributed by atoms with Gasteiger partial charge in [0.2, 0.25) is 0 Å². The Hall–Kier alpha value is -1.67. The Morgan fingerprint density at radius 3 is 2.59 bits per heavy atom. The number of carbonyl (C=O) groups excluding carboxylic acids is 1. The van der Waals surface area contributed by atoms with Crippen molar-refractivity contribution in [2.24, 2.45) is 0 Å². The molecule has 8 heteroatoms. The van der Waals surface area contributed by atoms with Gasteiger partial charge in [-0.15, -0.1) is 11.8 Å². The van der Waals surface area contributed by atoms with Crippen molar-refractivity contribution in [2.45, 2.75) is 24.1 Å². The van der Waals surface area contributed by atoms with Crippen molar-refractivity contribution in [1.82, 2.24) is 4.90 Å². The fourth-order valence-electron chi connectivity index (χ4n) is 3.00. The number of phenols is 1. The topological polar surface area (TPSA) is 62.9 Å². The van der Waals surface area contributed by atoms with E-state index in [2.05, 4.69) is 15.9 Å². The van der Waals surface area contributed by atoms with Gasteiger partial charge in [-0.3, -0.25) is 0 Å². The van der Waals surface area contributed by atoms with Crippen molar-refractivity contribution in [3.05, 3.63) is 57.8 Å². The molecule has 0 aliphatic rings. The van der Waals surface area contributed by atoms with Gasteiger partial charge in [-0.2, -0.15) is 0 Å². The summed E-state index contributed by atoms with van der Waals surface area (Å²) in [6.07, 6.45) is 0. The number of halogens is 2. The molecule has 3 aromatic rings. The van der Waals surface area contributed by atoms with Crippen molar-refractivity contribution in [2.75, 3.05) is 20.7 Å². The minimum atomic E-state index is -0.438. The van der Waals surface area contributed by atoms with Gasteiger partial charge in [-0.05, 0) is 55.1 Å². The van der Waals surface area contributed by atoms with E-state index in [1.54, 1.807) is 24.8 Å². The Morgan fingerprint density at radius 1 is 1.28 bits per heavy atom. The maximum absolute atomic E-state index is 12.8. The van der Waals surface area contributed by atoms with Gasteiger partial charge < -0.3 is 31.6 Å². The first-order valence-electron chi connectivity index (χ1n) is 8.87. The number of nitrogens with zero attached hydrogens (tertiary/aromatic N) is 1. The van der Waals surface area contributed by atoms with Gasteiger partial charge in [-0.1, -0.05) is 18.2 Å². The quantitative estimate of drug-likeness (QED) is 0.398. The fourth-order valence-corrected chi connectivity index (χ4v) is 4.30. The zero-order chi connectivity index (χ0) is 20.3. The molecule has 29 heavy (non-hydrogen) atoms. The van der Waals surface area contributed by atoms with E-state index in [9.17, 15) is 9.90 Å². The highest BCUT2D eigenvalue weighted by Crippen LogP contribution is 2.41. The third kappa shape index (κ3) is 5.28. The van der Waals surface area contributed by atoms with Crippen LogP contribution in [0, 0.1) is 0 Å². The maximum Gasteiger partial charge on any atom is 0.342 e. The largest absolute Gasteiger partial charge is 1.00 e. The van der Waals surface area contributed by atoms with Crippen LogP contribution in [-0.4, -0.2) is 36.7 Å². The number of esters is 1. The number of carbonyl (C=O) groups is 1. The molecular weight excluding hydrogens is 478 g/mol. The molecule has 1 N–H and O–H groups in total. The number of phenolic OH excluding ortho intramolecular Hbond substituents is 1. The van der Waals surface area contributed by atoms with E-state index in [0.29, 0.717) is 44.6 Å². The molecule has 0 unspecified atom stereocenters. The number of thioether (sulfide) groups is 1. The zero-order valence-electron chi connectivity index (χ0n) is 16.4. The first-order valence-corrected chi connectivity index (χ1v) is 10.7. The summed E-state index contributed by atoms with van der Waals surface area (Å²) in [5.41, 5.74) is 1.57. The third-order valence-electron chi connectivity index (χ3n) is 4.15. The van der Waals surface area contributed by atoms with Crippen LogP contribution in [0.2, 0.25) is 0 Å². The molecule has 1 aromatic heterocycles. The lowest BCUT2D eigenvalue weighted by Gasteiger charge is -2.14. The second-order valence-electron chi connectivity index (χ2n) is 6.52. The van der Waals surface area contributed by atoms with E-state index in [-0.39, 0.29) is 24.8 Å². The molecule has 0 bridgehead atoms. The average molecular weight is 500 g/mol. The zero-order valence-corrected chi connectivity index (χ0v) is 19.5. The normalized spacial score (nSPS) is 10.9. The summed E-state index contributed by atoms with van der Waals surface area (Å²) in [5, 5.41) is 11.2. The molecule has 0 radical (unpaired) electrons. The first-order chi connectivity index (χ1) is 13.4. The van der Waals surface area contributed by atoms with Crippen molar-refractivity contribution in [3.8, 4) is 5.75 Å². The van der Waals surface area contributed by atoms with Crippen LogP contribution in [0.3, 0.4) is 0 Å². The van der Waals surface area contributed by atoms with Gasteiger partial charge >= 0.3 is 5.97 Å². The number of ether oxygens (including phenoxy) is 1. The van der Waals surface area contributed by atoms with Gasteiger partial charge in [0.15, 0.2) is 0 Å². The lowest BCUT2D eigenvalue weighted by atomic mass is 10.0. The summed E-state index contributed by atoms with van der Waals surface area (Å²) in [6, 6.07) is 11.6. The Labute approximate surface area is 188 Å². The molecule has 2 aromatic carbocycles. The summed E-state index contributed by atoms with van der Waals surface area (Å²) in [5.74, 6) is 0.688. The molecule has 0 amide bonds. The molecule has 3 rings (SSSR count). The van der Waals surface area contributed by atoms with Crippen LogP contribution in [0.25, 0.3) is 11.0 Å². The number of hydrogen-bond acceptors (Lipinski definition) is 6. The Balaban J connectivity index is 0.00000300. The van der Waals surface area contributed by atoms with Crippen LogP contribution in [-0.2, 0) is 17.0 Å².